The van der Waals surface area contributed by atoms with Crippen molar-refractivity contribution < 1.29 is 0 Å². The van der Waals surface area contributed by atoms with Gasteiger partial charge in [-0.1, -0.05) is 38.3 Å². The van der Waals surface area contributed by atoms with Crippen LogP contribution in [0.4, 0.5) is 5.69 Å². The van der Waals surface area contributed by atoms with E-state index < -0.39 is 0 Å². The highest BCUT2D eigenvalue weighted by molar-refractivity contribution is 5.56. The van der Waals surface area contributed by atoms with Gasteiger partial charge in [-0.3, -0.25) is 0 Å². The van der Waals surface area contributed by atoms with Crippen LogP contribution < -0.4 is 5.32 Å². The number of para-hydroxylation sites is 1. The number of hydrogen-bond acceptors (Lipinski definition) is 2. The van der Waals surface area contributed by atoms with E-state index >= 15 is 0 Å². The molecule has 2 unspecified atom stereocenters. The smallest absolute Gasteiger partial charge is 0.101 e. The van der Waals surface area contributed by atoms with Crippen molar-refractivity contribution in [1.82, 2.24) is 0 Å². The summed E-state index contributed by atoms with van der Waals surface area (Å²) in [5.41, 5.74) is 1.72. The first-order valence-electron chi connectivity index (χ1n) is 7.02. The molecule has 0 amide bonds. The zero-order chi connectivity index (χ0) is 12.8. The van der Waals surface area contributed by atoms with E-state index in [9.17, 15) is 0 Å². The standard InChI is InChI=1S/C16H22N2/c1-13-5-4-6-14(11-13)9-10-18-16-8-3-2-7-15(16)12-17/h2-3,7-8,13-14,18H,4-6,9-11H2,1H3. The Balaban J connectivity index is 1.80. The molecular weight excluding hydrogens is 220 g/mol. The molecule has 1 N–H and O–H groups in total. The molecule has 1 saturated carbocycles. The Kier molecular flexibility index (Phi) is 4.64. The van der Waals surface area contributed by atoms with Crippen molar-refractivity contribution in [2.75, 3.05) is 11.9 Å². The van der Waals surface area contributed by atoms with Gasteiger partial charge in [0.05, 0.1) is 11.3 Å². The molecule has 96 valence electrons. The third kappa shape index (κ3) is 3.50. The van der Waals surface area contributed by atoms with E-state index in [4.69, 9.17) is 5.26 Å². The van der Waals surface area contributed by atoms with E-state index in [2.05, 4.69) is 18.3 Å². The minimum atomic E-state index is 0.745. The summed E-state index contributed by atoms with van der Waals surface area (Å²) in [7, 11) is 0. The molecule has 2 heteroatoms. The Hall–Kier alpha value is -1.49. The first-order valence-corrected chi connectivity index (χ1v) is 7.02. The lowest BCUT2D eigenvalue weighted by molar-refractivity contribution is 0.274. The molecule has 2 atom stereocenters. The van der Waals surface area contributed by atoms with Crippen molar-refractivity contribution in [1.29, 1.82) is 5.26 Å². The Morgan fingerprint density at radius 3 is 2.94 bits per heavy atom. The molecule has 1 fully saturated rings. The second-order valence-corrected chi connectivity index (χ2v) is 5.51. The number of nitriles is 1. The number of hydrogen-bond donors (Lipinski definition) is 1. The average molecular weight is 242 g/mol. The van der Waals surface area contributed by atoms with Crippen LogP contribution in [-0.4, -0.2) is 6.54 Å². The summed E-state index contributed by atoms with van der Waals surface area (Å²) in [6, 6.07) is 9.97. The van der Waals surface area contributed by atoms with Gasteiger partial charge in [-0.25, -0.2) is 0 Å². The van der Waals surface area contributed by atoms with Gasteiger partial charge < -0.3 is 5.32 Å². The maximum atomic E-state index is 9.01. The lowest BCUT2D eigenvalue weighted by Crippen LogP contribution is -2.16. The van der Waals surface area contributed by atoms with Crippen LogP contribution in [0.15, 0.2) is 24.3 Å². The predicted molar refractivity (Wildman–Crippen MR) is 75.4 cm³/mol. The van der Waals surface area contributed by atoms with Gasteiger partial charge in [-0.2, -0.15) is 5.26 Å². The van der Waals surface area contributed by atoms with Crippen LogP contribution in [0, 0.1) is 23.2 Å². The molecule has 0 aliphatic heterocycles. The van der Waals surface area contributed by atoms with Crippen molar-refractivity contribution in [3.8, 4) is 6.07 Å². The molecule has 0 bridgehead atoms. The zero-order valence-corrected chi connectivity index (χ0v) is 11.2. The highest BCUT2D eigenvalue weighted by atomic mass is 14.9. The van der Waals surface area contributed by atoms with Crippen LogP contribution in [0.5, 0.6) is 0 Å². The minimum Gasteiger partial charge on any atom is -0.384 e. The van der Waals surface area contributed by atoms with Gasteiger partial charge in [0.2, 0.25) is 0 Å². The molecular formula is C16H22N2. The molecule has 2 rings (SSSR count). The van der Waals surface area contributed by atoms with E-state index in [-0.39, 0.29) is 0 Å². The van der Waals surface area contributed by atoms with Gasteiger partial charge in [0.1, 0.15) is 6.07 Å². The van der Waals surface area contributed by atoms with E-state index in [0.717, 1.165) is 29.6 Å². The predicted octanol–water partition coefficient (Wildman–Crippen LogP) is 4.19. The number of nitrogens with zero attached hydrogens (tertiary/aromatic N) is 1. The second-order valence-electron chi connectivity index (χ2n) is 5.51. The van der Waals surface area contributed by atoms with E-state index in [1.165, 1.54) is 32.1 Å². The number of rotatable bonds is 4. The number of anilines is 1. The monoisotopic (exact) mass is 242 g/mol. The molecule has 1 aromatic carbocycles. The SMILES string of the molecule is CC1CCCC(CCNc2ccccc2C#N)C1. The fourth-order valence-corrected chi connectivity index (χ4v) is 2.97. The van der Waals surface area contributed by atoms with Crippen LogP contribution in [-0.2, 0) is 0 Å². The fourth-order valence-electron chi connectivity index (χ4n) is 2.97. The Labute approximate surface area is 110 Å². The Morgan fingerprint density at radius 2 is 2.17 bits per heavy atom. The maximum Gasteiger partial charge on any atom is 0.101 e. The van der Waals surface area contributed by atoms with Crippen molar-refractivity contribution in [2.45, 2.75) is 39.0 Å². The molecule has 0 aromatic heterocycles. The Morgan fingerprint density at radius 1 is 1.33 bits per heavy atom. The highest BCUT2D eigenvalue weighted by Gasteiger charge is 2.18. The second kappa shape index (κ2) is 6.44. The molecule has 1 aliphatic rings. The van der Waals surface area contributed by atoms with Gasteiger partial charge in [0.25, 0.3) is 0 Å². The van der Waals surface area contributed by atoms with Crippen LogP contribution >= 0.6 is 0 Å². The molecule has 0 radical (unpaired) electrons. The van der Waals surface area contributed by atoms with Gasteiger partial charge >= 0.3 is 0 Å². The van der Waals surface area contributed by atoms with Crippen molar-refractivity contribution in [2.24, 2.45) is 11.8 Å². The molecule has 0 spiro atoms. The van der Waals surface area contributed by atoms with Crippen molar-refractivity contribution in [3.05, 3.63) is 29.8 Å². The summed E-state index contributed by atoms with van der Waals surface area (Å²) < 4.78 is 0. The van der Waals surface area contributed by atoms with Gasteiger partial charge in [-0.15, -0.1) is 0 Å². The fraction of sp³-hybridized carbons (Fsp3) is 0.562. The van der Waals surface area contributed by atoms with Crippen molar-refractivity contribution >= 4 is 5.69 Å². The summed E-state index contributed by atoms with van der Waals surface area (Å²) in [5.74, 6) is 1.77. The maximum absolute atomic E-state index is 9.01. The van der Waals surface area contributed by atoms with Gasteiger partial charge in [0, 0.05) is 6.54 Å². The van der Waals surface area contributed by atoms with E-state index in [0.29, 0.717) is 0 Å². The normalized spacial score (nSPS) is 23.3. The summed E-state index contributed by atoms with van der Waals surface area (Å²) in [6.07, 6.45) is 6.78. The van der Waals surface area contributed by atoms with Gasteiger partial charge in [-0.05, 0) is 36.8 Å². The number of benzene rings is 1. The zero-order valence-electron chi connectivity index (χ0n) is 11.2. The summed E-state index contributed by atoms with van der Waals surface area (Å²) in [5, 5.41) is 12.4. The molecule has 18 heavy (non-hydrogen) atoms. The largest absolute Gasteiger partial charge is 0.384 e. The molecule has 1 aliphatic carbocycles. The quantitative estimate of drug-likeness (QED) is 0.859. The number of nitrogens with one attached hydrogen (secondary N) is 1. The van der Waals surface area contributed by atoms with Crippen molar-refractivity contribution in [3.63, 3.8) is 0 Å². The molecule has 0 saturated heterocycles. The van der Waals surface area contributed by atoms with Crippen LogP contribution in [0.3, 0.4) is 0 Å². The van der Waals surface area contributed by atoms with Crippen LogP contribution in [0.25, 0.3) is 0 Å². The average Bonchev–Trinajstić information content (AvgIpc) is 2.39. The first-order chi connectivity index (χ1) is 8.79. The minimum absolute atomic E-state index is 0.745. The lowest BCUT2D eigenvalue weighted by Gasteiger charge is -2.26. The topological polar surface area (TPSA) is 35.8 Å². The highest BCUT2D eigenvalue weighted by Crippen LogP contribution is 2.30. The van der Waals surface area contributed by atoms with Crippen LogP contribution in [0.2, 0.25) is 0 Å². The van der Waals surface area contributed by atoms with E-state index in [1.807, 2.05) is 24.3 Å². The Bertz CT molecular complexity index is 419. The van der Waals surface area contributed by atoms with Crippen LogP contribution in [0.1, 0.15) is 44.6 Å². The molecule has 2 nitrogen and oxygen atoms in total. The summed E-state index contributed by atoms with van der Waals surface area (Å²) in [6.45, 7) is 3.35. The third-order valence-corrected chi connectivity index (χ3v) is 3.96. The lowest BCUT2D eigenvalue weighted by atomic mass is 9.81. The summed E-state index contributed by atoms with van der Waals surface area (Å²) in [4.78, 5) is 0. The summed E-state index contributed by atoms with van der Waals surface area (Å²) >= 11 is 0. The van der Waals surface area contributed by atoms with Gasteiger partial charge in [0.15, 0.2) is 0 Å². The van der Waals surface area contributed by atoms with E-state index in [1.54, 1.807) is 0 Å². The third-order valence-electron chi connectivity index (χ3n) is 3.96. The molecule has 0 heterocycles. The molecule has 1 aromatic rings. The first kappa shape index (κ1) is 13.0.